The van der Waals surface area contributed by atoms with E-state index in [4.69, 9.17) is 10.5 Å². The second-order valence-electron chi connectivity index (χ2n) is 6.05. The molecule has 118 valence electrons. The van der Waals surface area contributed by atoms with Gasteiger partial charge in [0.25, 0.3) is 0 Å². The molecule has 1 aromatic carbocycles. The summed E-state index contributed by atoms with van der Waals surface area (Å²) in [6, 6.07) is 6.82. The molecule has 0 atom stereocenters. The van der Waals surface area contributed by atoms with E-state index >= 15 is 0 Å². The fourth-order valence-corrected chi connectivity index (χ4v) is 3.79. The average Bonchev–Trinajstić information content (AvgIpc) is 2.44. The van der Waals surface area contributed by atoms with Crippen molar-refractivity contribution in [3.05, 3.63) is 29.8 Å². The summed E-state index contributed by atoms with van der Waals surface area (Å²) in [5, 5.41) is 0. The van der Waals surface area contributed by atoms with Crippen LogP contribution in [0.2, 0.25) is 0 Å². The Kier molecular flexibility index (Phi) is 5.03. The highest BCUT2D eigenvalue weighted by Crippen LogP contribution is 2.17. The smallest absolute Gasteiger partial charge is 0.179 e. The van der Waals surface area contributed by atoms with Crippen molar-refractivity contribution in [3.8, 4) is 0 Å². The number of hydrogen-bond donors (Lipinski definition) is 1. The molecule has 21 heavy (non-hydrogen) atoms. The van der Waals surface area contributed by atoms with E-state index < -0.39 is 9.84 Å². The molecule has 0 aromatic heterocycles. The van der Waals surface area contributed by atoms with Gasteiger partial charge < -0.3 is 10.5 Å². The summed E-state index contributed by atoms with van der Waals surface area (Å²) in [4.78, 5) is 2.52. The van der Waals surface area contributed by atoms with Crippen LogP contribution in [0.25, 0.3) is 0 Å². The highest BCUT2D eigenvalue weighted by Gasteiger charge is 2.28. The molecule has 5 nitrogen and oxygen atoms in total. The lowest BCUT2D eigenvalue weighted by Gasteiger charge is -2.38. The van der Waals surface area contributed by atoms with Crippen LogP contribution in [0.15, 0.2) is 29.2 Å². The first-order chi connectivity index (χ1) is 9.82. The number of rotatable bonds is 5. The highest BCUT2D eigenvalue weighted by molar-refractivity contribution is 7.91. The first kappa shape index (κ1) is 16.4. The third-order valence-electron chi connectivity index (χ3n) is 3.70. The summed E-state index contributed by atoms with van der Waals surface area (Å²) in [6.45, 7) is 7.20. The number of sulfone groups is 1. The minimum Gasteiger partial charge on any atom is -0.373 e. The molecule has 1 heterocycles. The lowest BCUT2D eigenvalue weighted by atomic mass is 10.1. The zero-order chi connectivity index (χ0) is 15.5. The zero-order valence-electron chi connectivity index (χ0n) is 12.7. The van der Waals surface area contributed by atoms with E-state index in [1.54, 1.807) is 24.3 Å². The number of ether oxygens (including phenoxy) is 1. The molecule has 2 N–H and O–H groups in total. The molecule has 1 aliphatic rings. The molecule has 1 fully saturated rings. The van der Waals surface area contributed by atoms with Crippen molar-refractivity contribution in [1.82, 2.24) is 4.90 Å². The van der Waals surface area contributed by atoms with Crippen LogP contribution in [0.4, 0.5) is 0 Å². The third-order valence-corrected chi connectivity index (χ3v) is 5.41. The summed E-state index contributed by atoms with van der Waals surface area (Å²) in [7, 11) is -3.25. The molecule has 1 aromatic rings. The van der Waals surface area contributed by atoms with Gasteiger partial charge in [-0.1, -0.05) is 12.1 Å². The Hall–Kier alpha value is -0.950. The first-order valence-corrected chi connectivity index (χ1v) is 8.86. The van der Waals surface area contributed by atoms with Crippen LogP contribution in [0.3, 0.4) is 0 Å². The predicted molar refractivity (Wildman–Crippen MR) is 82.9 cm³/mol. The molecule has 0 aliphatic carbocycles. The average molecular weight is 312 g/mol. The summed E-state index contributed by atoms with van der Waals surface area (Å²) in [5.74, 6) is 0.130. The van der Waals surface area contributed by atoms with Gasteiger partial charge in [0.2, 0.25) is 0 Å². The van der Waals surface area contributed by atoms with Crippen molar-refractivity contribution in [3.63, 3.8) is 0 Å². The Bertz CT molecular complexity index is 567. The Morgan fingerprint density at radius 1 is 1.29 bits per heavy atom. The summed E-state index contributed by atoms with van der Waals surface area (Å²) >= 11 is 0. The molecule has 0 radical (unpaired) electrons. The maximum Gasteiger partial charge on any atom is 0.179 e. The van der Waals surface area contributed by atoms with Crippen LogP contribution in [-0.4, -0.2) is 50.9 Å². The monoisotopic (exact) mass is 312 g/mol. The standard InChI is InChI=1S/C15H24N2O3S/c1-15(2)12-17(7-9-20-15)8-10-21(18,19)14-5-3-13(11-16)4-6-14/h3-6H,7-12,16H2,1-2H3. The van der Waals surface area contributed by atoms with Gasteiger partial charge in [0.05, 0.1) is 22.9 Å². The maximum absolute atomic E-state index is 12.3. The summed E-state index contributed by atoms with van der Waals surface area (Å²) in [5.41, 5.74) is 6.25. The van der Waals surface area contributed by atoms with Crippen LogP contribution >= 0.6 is 0 Å². The van der Waals surface area contributed by atoms with Crippen LogP contribution in [0, 0.1) is 0 Å². The van der Waals surface area contributed by atoms with Gasteiger partial charge in [0.15, 0.2) is 9.84 Å². The molecule has 0 spiro atoms. The van der Waals surface area contributed by atoms with Gasteiger partial charge in [-0.25, -0.2) is 8.42 Å². The van der Waals surface area contributed by atoms with E-state index in [-0.39, 0.29) is 11.4 Å². The maximum atomic E-state index is 12.3. The van der Waals surface area contributed by atoms with Gasteiger partial charge in [0, 0.05) is 26.2 Å². The van der Waals surface area contributed by atoms with Crippen molar-refractivity contribution in [1.29, 1.82) is 0 Å². The molecule has 0 unspecified atom stereocenters. The van der Waals surface area contributed by atoms with Crippen molar-refractivity contribution in [2.24, 2.45) is 5.73 Å². The van der Waals surface area contributed by atoms with Gasteiger partial charge >= 0.3 is 0 Å². The molecule has 1 aliphatic heterocycles. The van der Waals surface area contributed by atoms with E-state index in [9.17, 15) is 8.42 Å². The second-order valence-corrected chi connectivity index (χ2v) is 8.16. The fraction of sp³-hybridized carbons (Fsp3) is 0.600. The van der Waals surface area contributed by atoms with Crippen molar-refractivity contribution < 1.29 is 13.2 Å². The van der Waals surface area contributed by atoms with Gasteiger partial charge in [-0.2, -0.15) is 0 Å². The largest absolute Gasteiger partial charge is 0.373 e. The molecule has 0 amide bonds. The molecule has 6 heteroatoms. The van der Waals surface area contributed by atoms with Gasteiger partial charge in [-0.3, -0.25) is 4.90 Å². The van der Waals surface area contributed by atoms with E-state index in [0.717, 1.165) is 18.7 Å². The molecular weight excluding hydrogens is 288 g/mol. The van der Waals surface area contributed by atoms with Crippen molar-refractivity contribution >= 4 is 9.84 Å². The third kappa shape index (κ3) is 4.51. The quantitative estimate of drug-likeness (QED) is 0.879. The van der Waals surface area contributed by atoms with Crippen LogP contribution in [-0.2, 0) is 21.1 Å². The molecule has 0 saturated carbocycles. The van der Waals surface area contributed by atoms with Gasteiger partial charge in [-0.15, -0.1) is 0 Å². The van der Waals surface area contributed by atoms with E-state index in [0.29, 0.717) is 24.6 Å². The summed E-state index contributed by atoms with van der Waals surface area (Å²) in [6.07, 6.45) is 0. The van der Waals surface area contributed by atoms with E-state index in [2.05, 4.69) is 4.90 Å². The lowest BCUT2D eigenvalue weighted by Crippen LogP contribution is -2.49. The molecular formula is C15H24N2O3S. The number of hydrogen-bond acceptors (Lipinski definition) is 5. The fourth-order valence-electron chi connectivity index (χ4n) is 2.51. The van der Waals surface area contributed by atoms with Crippen molar-refractivity contribution in [2.75, 3.05) is 32.0 Å². The normalized spacial score (nSPS) is 19.6. The molecule has 1 saturated heterocycles. The molecule has 2 rings (SSSR count). The Labute approximate surface area is 127 Å². The SMILES string of the molecule is CC1(C)CN(CCS(=O)(=O)c2ccc(CN)cc2)CCO1. The predicted octanol–water partition coefficient (Wildman–Crippen LogP) is 1.03. The summed E-state index contributed by atoms with van der Waals surface area (Å²) < 4.78 is 30.3. The Morgan fingerprint density at radius 3 is 2.52 bits per heavy atom. The minimum absolute atomic E-state index is 0.130. The van der Waals surface area contributed by atoms with Crippen molar-refractivity contribution in [2.45, 2.75) is 30.9 Å². The van der Waals surface area contributed by atoms with Crippen LogP contribution in [0.5, 0.6) is 0 Å². The Balaban J connectivity index is 1.97. The highest BCUT2D eigenvalue weighted by atomic mass is 32.2. The van der Waals surface area contributed by atoms with Gasteiger partial charge in [0.1, 0.15) is 0 Å². The lowest BCUT2D eigenvalue weighted by molar-refractivity contribution is -0.0843. The number of nitrogens with two attached hydrogens (primary N) is 1. The number of benzene rings is 1. The topological polar surface area (TPSA) is 72.6 Å². The number of morpholine rings is 1. The van der Waals surface area contributed by atoms with Crippen LogP contribution < -0.4 is 5.73 Å². The number of nitrogens with zero attached hydrogens (tertiary/aromatic N) is 1. The van der Waals surface area contributed by atoms with E-state index in [1.807, 2.05) is 13.8 Å². The second kappa shape index (κ2) is 6.44. The van der Waals surface area contributed by atoms with Crippen LogP contribution in [0.1, 0.15) is 19.4 Å². The Morgan fingerprint density at radius 2 is 1.95 bits per heavy atom. The van der Waals surface area contributed by atoms with Gasteiger partial charge in [-0.05, 0) is 31.5 Å². The first-order valence-electron chi connectivity index (χ1n) is 7.20. The van der Waals surface area contributed by atoms with E-state index in [1.165, 1.54) is 0 Å². The minimum atomic E-state index is -3.25. The molecule has 0 bridgehead atoms. The zero-order valence-corrected chi connectivity index (χ0v) is 13.5.